The van der Waals surface area contributed by atoms with Crippen LogP contribution in [-0.4, -0.2) is 47.0 Å². The van der Waals surface area contributed by atoms with Crippen LogP contribution in [0.4, 0.5) is 0 Å². The van der Waals surface area contributed by atoms with Gasteiger partial charge in [-0.2, -0.15) is 0 Å². The maximum Gasteiger partial charge on any atom is 0.289 e. The van der Waals surface area contributed by atoms with E-state index in [9.17, 15) is 13.2 Å². The van der Waals surface area contributed by atoms with Crippen molar-refractivity contribution in [3.05, 3.63) is 77.7 Å². The number of rotatable bonds is 10. The number of furan rings is 1. The molecular weight excluding hydrogens is 430 g/mol. The molecule has 170 valence electrons. The average Bonchev–Trinajstić information content (AvgIpc) is 3.26. The van der Waals surface area contributed by atoms with Gasteiger partial charge in [0.05, 0.1) is 31.1 Å². The first-order valence-corrected chi connectivity index (χ1v) is 11.8. The molecule has 0 saturated heterocycles. The van der Waals surface area contributed by atoms with Crippen LogP contribution < -0.4 is 9.47 Å². The summed E-state index contributed by atoms with van der Waals surface area (Å²) in [6.07, 6.45) is 2.81. The Balaban J connectivity index is 1.62. The minimum absolute atomic E-state index is 0.0538. The molecule has 0 aliphatic carbocycles. The van der Waals surface area contributed by atoms with E-state index in [1.54, 1.807) is 39.5 Å². The van der Waals surface area contributed by atoms with Crippen LogP contribution >= 0.6 is 0 Å². The summed E-state index contributed by atoms with van der Waals surface area (Å²) in [5.41, 5.74) is 1.42. The van der Waals surface area contributed by atoms with Crippen molar-refractivity contribution in [3.63, 3.8) is 0 Å². The van der Waals surface area contributed by atoms with Gasteiger partial charge in [0.1, 0.15) is 0 Å². The first kappa shape index (κ1) is 23.4. The third kappa shape index (κ3) is 5.50. The number of carbonyl (C=O) groups is 1. The second-order valence-electron chi connectivity index (χ2n) is 7.37. The fourth-order valence-electron chi connectivity index (χ4n) is 3.38. The smallest absolute Gasteiger partial charge is 0.289 e. The van der Waals surface area contributed by atoms with Gasteiger partial charge in [-0.05, 0) is 48.7 Å². The molecule has 0 atom stereocenters. The summed E-state index contributed by atoms with van der Waals surface area (Å²) >= 11 is 0. The molecule has 8 heteroatoms. The number of sulfone groups is 1. The van der Waals surface area contributed by atoms with Crippen LogP contribution in [0, 0.1) is 0 Å². The molecule has 0 aliphatic heterocycles. The monoisotopic (exact) mass is 457 g/mol. The predicted molar refractivity (Wildman–Crippen MR) is 121 cm³/mol. The van der Waals surface area contributed by atoms with Crippen LogP contribution in [0.2, 0.25) is 0 Å². The van der Waals surface area contributed by atoms with Crippen LogP contribution in [-0.2, 0) is 22.0 Å². The molecular formula is C24H27NO6S. The standard InChI is InChI=1S/C24H27NO6S/c1-25(14-7-8-18-11-12-21(29-2)22(16-18)30-3)24(26)23-19(13-15-31-23)17-32(27,28)20-9-5-4-6-10-20/h4-6,9-13,15-16H,7-8,14,17H2,1-3H3. The normalized spacial score (nSPS) is 11.2. The summed E-state index contributed by atoms with van der Waals surface area (Å²) in [5.74, 6) is 0.737. The molecule has 3 rings (SSSR count). The van der Waals surface area contributed by atoms with Gasteiger partial charge < -0.3 is 18.8 Å². The van der Waals surface area contributed by atoms with Crippen LogP contribution in [0.1, 0.15) is 28.1 Å². The Morgan fingerprint density at radius 1 is 1.00 bits per heavy atom. The number of hydrogen-bond acceptors (Lipinski definition) is 6. The van der Waals surface area contributed by atoms with Crippen molar-refractivity contribution in [1.82, 2.24) is 4.90 Å². The largest absolute Gasteiger partial charge is 0.493 e. The van der Waals surface area contributed by atoms with E-state index in [0.29, 0.717) is 23.6 Å². The van der Waals surface area contributed by atoms with Gasteiger partial charge in [-0.15, -0.1) is 0 Å². The highest BCUT2D eigenvalue weighted by atomic mass is 32.2. The Labute approximate surface area is 188 Å². The number of carbonyl (C=O) groups excluding carboxylic acids is 1. The number of ether oxygens (including phenoxy) is 2. The van der Waals surface area contributed by atoms with Gasteiger partial charge in [-0.25, -0.2) is 8.42 Å². The van der Waals surface area contributed by atoms with Gasteiger partial charge >= 0.3 is 0 Å². The molecule has 0 radical (unpaired) electrons. The highest BCUT2D eigenvalue weighted by molar-refractivity contribution is 7.90. The van der Waals surface area contributed by atoms with Crippen molar-refractivity contribution in [2.75, 3.05) is 27.8 Å². The highest BCUT2D eigenvalue weighted by Gasteiger charge is 2.24. The average molecular weight is 458 g/mol. The minimum atomic E-state index is -3.58. The van der Waals surface area contributed by atoms with E-state index in [1.807, 2.05) is 18.2 Å². The molecule has 3 aromatic rings. The maximum atomic E-state index is 12.9. The van der Waals surface area contributed by atoms with Gasteiger partial charge in [0, 0.05) is 19.2 Å². The molecule has 7 nitrogen and oxygen atoms in total. The number of methoxy groups -OCH3 is 2. The highest BCUT2D eigenvalue weighted by Crippen LogP contribution is 2.28. The Morgan fingerprint density at radius 3 is 2.41 bits per heavy atom. The molecule has 0 spiro atoms. The second kappa shape index (κ2) is 10.4. The third-order valence-corrected chi connectivity index (χ3v) is 6.82. The Morgan fingerprint density at radius 2 is 1.72 bits per heavy atom. The molecule has 0 unspecified atom stereocenters. The number of benzene rings is 2. The topological polar surface area (TPSA) is 86.0 Å². The summed E-state index contributed by atoms with van der Waals surface area (Å²) < 4.78 is 41.3. The van der Waals surface area contributed by atoms with E-state index in [0.717, 1.165) is 18.4 Å². The van der Waals surface area contributed by atoms with Crippen molar-refractivity contribution >= 4 is 15.7 Å². The molecule has 0 fully saturated rings. The van der Waals surface area contributed by atoms with Crippen molar-refractivity contribution in [2.45, 2.75) is 23.5 Å². The van der Waals surface area contributed by atoms with Crippen molar-refractivity contribution < 1.29 is 27.1 Å². The zero-order valence-corrected chi connectivity index (χ0v) is 19.2. The Hall–Kier alpha value is -3.26. The molecule has 1 aromatic heterocycles. The zero-order valence-electron chi connectivity index (χ0n) is 18.4. The Bertz CT molecular complexity index is 1150. The quantitative estimate of drug-likeness (QED) is 0.458. The lowest BCUT2D eigenvalue weighted by Gasteiger charge is -2.17. The minimum Gasteiger partial charge on any atom is -0.493 e. The van der Waals surface area contributed by atoms with E-state index in [-0.39, 0.29) is 22.3 Å². The SMILES string of the molecule is COc1ccc(CCCN(C)C(=O)c2occc2CS(=O)(=O)c2ccccc2)cc1OC. The van der Waals surface area contributed by atoms with Crippen LogP contribution in [0.5, 0.6) is 11.5 Å². The lowest BCUT2D eigenvalue weighted by molar-refractivity contribution is 0.0761. The van der Waals surface area contributed by atoms with Gasteiger partial charge in [-0.3, -0.25) is 4.79 Å². The van der Waals surface area contributed by atoms with E-state index in [4.69, 9.17) is 13.9 Å². The summed E-state index contributed by atoms with van der Waals surface area (Å²) in [7, 11) is 1.27. The van der Waals surface area contributed by atoms with E-state index in [1.165, 1.54) is 29.4 Å². The number of nitrogens with zero attached hydrogens (tertiary/aromatic N) is 1. The van der Waals surface area contributed by atoms with Crippen molar-refractivity contribution in [3.8, 4) is 11.5 Å². The van der Waals surface area contributed by atoms with E-state index < -0.39 is 9.84 Å². The summed E-state index contributed by atoms with van der Waals surface area (Å²) in [4.78, 5) is 14.6. The van der Waals surface area contributed by atoms with Crippen molar-refractivity contribution in [2.24, 2.45) is 0 Å². The molecule has 1 amide bonds. The first-order valence-electron chi connectivity index (χ1n) is 10.2. The van der Waals surface area contributed by atoms with Gasteiger partial charge in [0.25, 0.3) is 5.91 Å². The fourth-order valence-corrected chi connectivity index (χ4v) is 4.76. The van der Waals surface area contributed by atoms with Gasteiger partial charge in [0.2, 0.25) is 0 Å². The summed E-state index contributed by atoms with van der Waals surface area (Å²) in [6.45, 7) is 0.485. The number of aryl methyl sites for hydroxylation is 1. The van der Waals surface area contributed by atoms with Crippen molar-refractivity contribution in [1.29, 1.82) is 0 Å². The maximum absolute atomic E-state index is 12.9. The number of hydrogen-bond donors (Lipinski definition) is 0. The first-order chi connectivity index (χ1) is 15.4. The van der Waals surface area contributed by atoms with Gasteiger partial charge in [0.15, 0.2) is 27.1 Å². The lowest BCUT2D eigenvalue weighted by Crippen LogP contribution is -2.28. The second-order valence-corrected chi connectivity index (χ2v) is 9.36. The molecule has 32 heavy (non-hydrogen) atoms. The van der Waals surface area contributed by atoms with E-state index >= 15 is 0 Å². The molecule has 0 bridgehead atoms. The third-order valence-electron chi connectivity index (χ3n) is 5.14. The van der Waals surface area contributed by atoms with Gasteiger partial charge in [-0.1, -0.05) is 24.3 Å². The fraction of sp³-hybridized carbons (Fsp3) is 0.292. The lowest BCUT2D eigenvalue weighted by atomic mass is 10.1. The molecule has 2 aromatic carbocycles. The van der Waals surface area contributed by atoms with E-state index in [2.05, 4.69) is 0 Å². The number of amides is 1. The summed E-state index contributed by atoms with van der Waals surface area (Å²) in [5, 5.41) is 0. The van der Waals surface area contributed by atoms with Crippen LogP contribution in [0.3, 0.4) is 0 Å². The van der Waals surface area contributed by atoms with Crippen LogP contribution in [0.25, 0.3) is 0 Å². The zero-order chi connectivity index (χ0) is 23.1. The molecule has 0 N–H and O–H groups in total. The molecule has 0 aliphatic rings. The summed E-state index contributed by atoms with van der Waals surface area (Å²) in [6, 6.07) is 15.4. The molecule has 1 heterocycles. The van der Waals surface area contributed by atoms with Crippen LogP contribution in [0.15, 0.2) is 70.2 Å². The predicted octanol–water partition coefficient (Wildman–Crippen LogP) is 3.98. The molecule has 0 saturated carbocycles. The Kier molecular flexibility index (Phi) is 7.58.